The number of piperazine rings is 1. The van der Waals surface area contributed by atoms with Crippen LogP contribution in [0.25, 0.3) is 0 Å². The SMILES string of the molecule is CCN1CCN(c2nc(C)ncc2CO)CC1C. The van der Waals surface area contributed by atoms with Crippen molar-refractivity contribution in [1.82, 2.24) is 14.9 Å². The van der Waals surface area contributed by atoms with Crippen LogP contribution < -0.4 is 4.90 Å². The summed E-state index contributed by atoms with van der Waals surface area (Å²) in [4.78, 5) is 13.4. The highest BCUT2D eigenvalue weighted by Gasteiger charge is 2.24. The molecular weight excluding hydrogens is 228 g/mol. The molecule has 1 aliphatic heterocycles. The van der Waals surface area contributed by atoms with E-state index in [0.717, 1.165) is 43.4 Å². The zero-order valence-corrected chi connectivity index (χ0v) is 11.4. The molecule has 0 saturated carbocycles. The molecule has 0 aromatic carbocycles. The minimum Gasteiger partial charge on any atom is -0.391 e. The number of nitrogens with zero attached hydrogens (tertiary/aromatic N) is 4. The first-order chi connectivity index (χ1) is 8.65. The van der Waals surface area contributed by atoms with Gasteiger partial charge in [0.2, 0.25) is 0 Å². The van der Waals surface area contributed by atoms with Crippen molar-refractivity contribution < 1.29 is 5.11 Å². The molecule has 1 N–H and O–H groups in total. The van der Waals surface area contributed by atoms with Gasteiger partial charge in [0, 0.05) is 37.4 Å². The lowest BCUT2D eigenvalue weighted by Gasteiger charge is -2.40. The molecule has 2 rings (SSSR count). The van der Waals surface area contributed by atoms with E-state index in [2.05, 4.69) is 33.6 Å². The Hall–Kier alpha value is -1.20. The highest BCUT2D eigenvalue weighted by atomic mass is 16.3. The Bertz CT molecular complexity index is 410. The molecule has 5 nitrogen and oxygen atoms in total. The molecule has 1 saturated heterocycles. The minimum atomic E-state index is -0.00200. The summed E-state index contributed by atoms with van der Waals surface area (Å²) in [5.74, 6) is 1.65. The molecule has 5 heteroatoms. The zero-order chi connectivity index (χ0) is 13.1. The maximum Gasteiger partial charge on any atom is 0.137 e. The second-order valence-electron chi connectivity index (χ2n) is 4.85. The molecule has 1 aliphatic rings. The van der Waals surface area contributed by atoms with Crippen molar-refractivity contribution in [2.45, 2.75) is 33.4 Å². The fraction of sp³-hybridized carbons (Fsp3) is 0.692. The van der Waals surface area contributed by atoms with Crippen molar-refractivity contribution in [3.63, 3.8) is 0 Å². The number of likely N-dealkylation sites (N-methyl/N-ethyl adjacent to an activating group) is 1. The Balaban J connectivity index is 2.19. The van der Waals surface area contributed by atoms with E-state index >= 15 is 0 Å². The van der Waals surface area contributed by atoms with E-state index in [-0.39, 0.29) is 6.61 Å². The summed E-state index contributed by atoms with van der Waals surface area (Å²) in [6.07, 6.45) is 1.73. The third-order valence-corrected chi connectivity index (χ3v) is 3.60. The smallest absolute Gasteiger partial charge is 0.137 e. The van der Waals surface area contributed by atoms with Gasteiger partial charge in [0.1, 0.15) is 11.6 Å². The predicted molar refractivity (Wildman–Crippen MR) is 71.6 cm³/mol. The van der Waals surface area contributed by atoms with Gasteiger partial charge in [0.15, 0.2) is 0 Å². The van der Waals surface area contributed by atoms with Gasteiger partial charge in [-0.2, -0.15) is 0 Å². The first kappa shape index (κ1) is 13.2. The van der Waals surface area contributed by atoms with Crippen LogP contribution in [-0.2, 0) is 6.61 Å². The predicted octanol–water partition coefficient (Wildman–Crippen LogP) is 0.808. The molecule has 100 valence electrons. The van der Waals surface area contributed by atoms with Crippen molar-refractivity contribution in [3.8, 4) is 0 Å². The standard InChI is InChI=1S/C13H22N4O/c1-4-16-5-6-17(8-10(16)2)13-12(9-18)7-14-11(3)15-13/h7,10,18H,4-6,8-9H2,1-3H3. The van der Waals surface area contributed by atoms with E-state index in [1.165, 1.54) is 0 Å². The van der Waals surface area contributed by atoms with E-state index in [9.17, 15) is 5.11 Å². The molecule has 2 heterocycles. The highest BCUT2D eigenvalue weighted by molar-refractivity contribution is 5.46. The van der Waals surface area contributed by atoms with Gasteiger partial charge in [-0.3, -0.25) is 4.90 Å². The minimum absolute atomic E-state index is 0.00200. The maximum atomic E-state index is 9.39. The van der Waals surface area contributed by atoms with E-state index in [1.54, 1.807) is 6.20 Å². The summed E-state index contributed by atoms with van der Waals surface area (Å²) in [5.41, 5.74) is 0.817. The summed E-state index contributed by atoms with van der Waals surface area (Å²) >= 11 is 0. The van der Waals surface area contributed by atoms with Gasteiger partial charge in [-0.1, -0.05) is 6.92 Å². The van der Waals surface area contributed by atoms with Crippen molar-refractivity contribution in [2.75, 3.05) is 31.1 Å². The fourth-order valence-corrected chi connectivity index (χ4v) is 2.53. The summed E-state index contributed by atoms with van der Waals surface area (Å²) in [5, 5.41) is 9.39. The number of hydrogen-bond donors (Lipinski definition) is 1. The Labute approximate surface area is 108 Å². The van der Waals surface area contributed by atoms with Crippen LogP contribution >= 0.6 is 0 Å². The van der Waals surface area contributed by atoms with Crippen molar-refractivity contribution in [2.24, 2.45) is 0 Å². The summed E-state index contributed by atoms with van der Waals surface area (Å²) < 4.78 is 0. The quantitative estimate of drug-likeness (QED) is 0.860. The summed E-state index contributed by atoms with van der Waals surface area (Å²) in [6.45, 7) is 10.4. The van der Waals surface area contributed by atoms with Gasteiger partial charge in [-0.25, -0.2) is 9.97 Å². The van der Waals surface area contributed by atoms with Crippen LogP contribution in [0.5, 0.6) is 0 Å². The number of aliphatic hydroxyl groups excluding tert-OH is 1. The van der Waals surface area contributed by atoms with Gasteiger partial charge >= 0.3 is 0 Å². The van der Waals surface area contributed by atoms with Crippen LogP contribution in [0.15, 0.2) is 6.20 Å². The Morgan fingerprint density at radius 3 is 2.83 bits per heavy atom. The number of aromatic nitrogens is 2. The Morgan fingerprint density at radius 1 is 1.44 bits per heavy atom. The zero-order valence-electron chi connectivity index (χ0n) is 11.4. The molecule has 0 bridgehead atoms. The molecule has 1 aromatic rings. The monoisotopic (exact) mass is 250 g/mol. The normalized spacial score (nSPS) is 21.3. The largest absolute Gasteiger partial charge is 0.391 e. The molecule has 18 heavy (non-hydrogen) atoms. The summed E-state index contributed by atoms with van der Waals surface area (Å²) in [7, 11) is 0. The second kappa shape index (κ2) is 5.63. The summed E-state index contributed by atoms with van der Waals surface area (Å²) in [6, 6.07) is 0.519. The average molecular weight is 250 g/mol. The molecule has 0 spiro atoms. The van der Waals surface area contributed by atoms with Crippen LogP contribution in [0.2, 0.25) is 0 Å². The lowest BCUT2D eigenvalue weighted by atomic mass is 10.1. The van der Waals surface area contributed by atoms with E-state index in [0.29, 0.717) is 6.04 Å². The van der Waals surface area contributed by atoms with E-state index in [4.69, 9.17) is 0 Å². The third kappa shape index (κ3) is 2.62. The van der Waals surface area contributed by atoms with Gasteiger partial charge in [-0.05, 0) is 20.4 Å². The number of aliphatic hydroxyl groups is 1. The molecule has 0 aliphatic carbocycles. The number of rotatable bonds is 3. The molecule has 0 radical (unpaired) electrons. The highest BCUT2D eigenvalue weighted by Crippen LogP contribution is 2.21. The van der Waals surface area contributed by atoms with Crippen LogP contribution in [0.3, 0.4) is 0 Å². The van der Waals surface area contributed by atoms with E-state index in [1.807, 2.05) is 6.92 Å². The lowest BCUT2D eigenvalue weighted by molar-refractivity contribution is 0.198. The van der Waals surface area contributed by atoms with Crippen LogP contribution in [0, 0.1) is 6.92 Å². The lowest BCUT2D eigenvalue weighted by Crippen LogP contribution is -2.52. The third-order valence-electron chi connectivity index (χ3n) is 3.60. The van der Waals surface area contributed by atoms with Gasteiger partial charge in [0.25, 0.3) is 0 Å². The molecule has 0 amide bonds. The van der Waals surface area contributed by atoms with Gasteiger partial charge in [-0.15, -0.1) is 0 Å². The second-order valence-corrected chi connectivity index (χ2v) is 4.85. The molecular formula is C13H22N4O. The Morgan fingerprint density at radius 2 is 2.22 bits per heavy atom. The van der Waals surface area contributed by atoms with Crippen molar-refractivity contribution in [1.29, 1.82) is 0 Å². The van der Waals surface area contributed by atoms with E-state index < -0.39 is 0 Å². The molecule has 1 fully saturated rings. The first-order valence-corrected chi connectivity index (χ1v) is 6.58. The Kier molecular flexibility index (Phi) is 4.14. The molecule has 1 unspecified atom stereocenters. The average Bonchev–Trinajstić information content (AvgIpc) is 2.38. The number of anilines is 1. The molecule has 1 aromatic heterocycles. The van der Waals surface area contributed by atoms with Crippen molar-refractivity contribution in [3.05, 3.63) is 17.6 Å². The maximum absolute atomic E-state index is 9.39. The number of hydrogen-bond acceptors (Lipinski definition) is 5. The first-order valence-electron chi connectivity index (χ1n) is 6.58. The molecule has 1 atom stereocenters. The number of aryl methyl sites for hydroxylation is 1. The topological polar surface area (TPSA) is 52.5 Å². The van der Waals surface area contributed by atoms with Gasteiger partial charge in [0.05, 0.1) is 6.61 Å². The van der Waals surface area contributed by atoms with Crippen LogP contribution in [0.1, 0.15) is 25.2 Å². The van der Waals surface area contributed by atoms with Gasteiger partial charge < -0.3 is 10.0 Å². The van der Waals surface area contributed by atoms with Crippen LogP contribution in [-0.4, -0.2) is 52.2 Å². The fourth-order valence-electron chi connectivity index (χ4n) is 2.53. The van der Waals surface area contributed by atoms with Crippen molar-refractivity contribution >= 4 is 5.82 Å². The van der Waals surface area contributed by atoms with Crippen LogP contribution in [0.4, 0.5) is 5.82 Å².